The summed E-state index contributed by atoms with van der Waals surface area (Å²) in [6, 6.07) is 15.4. The molecule has 0 saturated heterocycles. The molecule has 0 heterocycles. The Labute approximate surface area is 144 Å². The van der Waals surface area contributed by atoms with E-state index in [4.69, 9.17) is 0 Å². The fourth-order valence-corrected chi connectivity index (χ4v) is 4.14. The second-order valence-corrected chi connectivity index (χ2v) is 7.00. The van der Waals surface area contributed by atoms with Crippen LogP contribution in [0.2, 0.25) is 0 Å². The Kier molecular flexibility index (Phi) is 3.57. The average molecular weight is 312 g/mol. The van der Waals surface area contributed by atoms with Gasteiger partial charge in [0.15, 0.2) is 0 Å². The second kappa shape index (κ2) is 5.63. The molecule has 1 aliphatic carbocycles. The number of hydrogen-bond donors (Lipinski definition) is 0. The van der Waals surface area contributed by atoms with E-state index >= 15 is 0 Å². The van der Waals surface area contributed by atoms with Crippen molar-refractivity contribution < 1.29 is 0 Å². The second-order valence-electron chi connectivity index (χ2n) is 7.00. The van der Waals surface area contributed by atoms with Gasteiger partial charge < -0.3 is 0 Å². The molecule has 0 N–H and O–H groups in total. The summed E-state index contributed by atoms with van der Waals surface area (Å²) in [7, 11) is 0. The van der Waals surface area contributed by atoms with Gasteiger partial charge >= 0.3 is 0 Å². The summed E-state index contributed by atoms with van der Waals surface area (Å²) in [5, 5.41) is 2.67. The molecule has 120 valence electrons. The maximum absolute atomic E-state index is 2.45. The van der Waals surface area contributed by atoms with Crippen LogP contribution < -0.4 is 0 Å². The first-order chi connectivity index (χ1) is 11.6. The normalized spacial score (nSPS) is 13.2. The van der Waals surface area contributed by atoms with Gasteiger partial charge in [-0.05, 0) is 83.3 Å². The predicted molar refractivity (Wildman–Crippen MR) is 106 cm³/mol. The molecule has 0 saturated carbocycles. The van der Waals surface area contributed by atoms with Crippen molar-refractivity contribution in [3.63, 3.8) is 0 Å². The van der Waals surface area contributed by atoms with Crippen molar-refractivity contribution >= 4 is 16.8 Å². The lowest BCUT2D eigenvalue weighted by Crippen LogP contribution is -2.00. The maximum Gasteiger partial charge on any atom is -0.00550 e. The van der Waals surface area contributed by atoms with E-state index in [-0.39, 0.29) is 0 Å². The zero-order chi connectivity index (χ0) is 16.8. The Morgan fingerprint density at radius 3 is 2.38 bits per heavy atom. The molecule has 0 atom stereocenters. The number of fused-ring (bicyclic) bond motifs is 2. The van der Waals surface area contributed by atoms with Crippen molar-refractivity contribution in [3.05, 3.63) is 75.9 Å². The van der Waals surface area contributed by atoms with Gasteiger partial charge in [0.25, 0.3) is 0 Å². The van der Waals surface area contributed by atoms with Gasteiger partial charge in [-0.15, -0.1) is 0 Å². The predicted octanol–water partition coefficient (Wildman–Crippen LogP) is 6.78. The summed E-state index contributed by atoms with van der Waals surface area (Å²) in [5.74, 6) is 0. The lowest BCUT2D eigenvalue weighted by atomic mass is 9.84. The third-order valence-electron chi connectivity index (χ3n) is 5.81. The topological polar surface area (TPSA) is 0 Å². The highest BCUT2D eigenvalue weighted by Gasteiger charge is 2.23. The van der Waals surface area contributed by atoms with Crippen LogP contribution in [0.5, 0.6) is 0 Å². The molecule has 3 aromatic carbocycles. The van der Waals surface area contributed by atoms with Crippen molar-refractivity contribution in [2.24, 2.45) is 0 Å². The Balaban J connectivity index is 2.11. The fourth-order valence-electron chi connectivity index (χ4n) is 4.14. The first-order valence-corrected chi connectivity index (χ1v) is 8.92. The van der Waals surface area contributed by atoms with Gasteiger partial charge in [-0.25, -0.2) is 0 Å². The molecule has 0 fully saturated rings. The molecule has 0 aliphatic heterocycles. The Morgan fingerprint density at radius 2 is 1.58 bits per heavy atom. The van der Waals surface area contributed by atoms with Crippen LogP contribution in [-0.4, -0.2) is 0 Å². The van der Waals surface area contributed by atoms with Gasteiger partial charge in [0.2, 0.25) is 0 Å². The fraction of sp³-hybridized carbons (Fsp3) is 0.250. The number of allylic oxidation sites excluding steroid dienone is 1. The van der Waals surface area contributed by atoms with E-state index in [1.54, 1.807) is 5.57 Å². The third-order valence-corrected chi connectivity index (χ3v) is 5.81. The Hall–Kier alpha value is -2.34. The van der Waals surface area contributed by atoms with E-state index in [0.717, 1.165) is 12.8 Å². The molecular formula is C24H24. The molecule has 0 amide bonds. The van der Waals surface area contributed by atoms with Gasteiger partial charge in [-0.1, -0.05) is 61.0 Å². The van der Waals surface area contributed by atoms with E-state index in [9.17, 15) is 0 Å². The lowest BCUT2D eigenvalue weighted by molar-refractivity contribution is 1.02. The lowest BCUT2D eigenvalue weighted by Gasteiger charge is -2.19. The van der Waals surface area contributed by atoms with Gasteiger partial charge in [-0.3, -0.25) is 0 Å². The molecule has 0 heteroatoms. The smallest absolute Gasteiger partial charge is 0.00550 e. The van der Waals surface area contributed by atoms with Crippen LogP contribution >= 0.6 is 0 Å². The minimum Gasteiger partial charge on any atom is -0.0654 e. The summed E-state index contributed by atoms with van der Waals surface area (Å²) in [4.78, 5) is 0. The SMILES string of the molecule is CCC1=Cc2c(c(C)c(C)c(C)c2-c2cccc3ccccc23)C1. The third kappa shape index (κ3) is 2.13. The van der Waals surface area contributed by atoms with E-state index in [0.29, 0.717) is 0 Å². The molecule has 0 nitrogen and oxygen atoms in total. The molecule has 4 rings (SSSR count). The minimum absolute atomic E-state index is 1.12. The molecular weight excluding hydrogens is 288 g/mol. The Bertz CT molecular complexity index is 981. The number of benzene rings is 3. The molecule has 24 heavy (non-hydrogen) atoms. The molecule has 0 bridgehead atoms. The molecule has 0 spiro atoms. The largest absolute Gasteiger partial charge is 0.0654 e. The zero-order valence-electron chi connectivity index (χ0n) is 15.0. The van der Waals surface area contributed by atoms with E-state index < -0.39 is 0 Å². The molecule has 0 unspecified atom stereocenters. The van der Waals surface area contributed by atoms with Crippen molar-refractivity contribution in [2.45, 2.75) is 40.5 Å². The molecule has 0 aromatic heterocycles. The van der Waals surface area contributed by atoms with Gasteiger partial charge in [-0.2, -0.15) is 0 Å². The van der Waals surface area contributed by atoms with Gasteiger partial charge in [0.05, 0.1) is 0 Å². The van der Waals surface area contributed by atoms with E-state index in [1.165, 1.54) is 49.7 Å². The molecule has 1 aliphatic rings. The zero-order valence-corrected chi connectivity index (χ0v) is 15.0. The van der Waals surface area contributed by atoms with Crippen LogP contribution in [0.3, 0.4) is 0 Å². The van der Waals surface area contributed by atoms with Crippen LogP contribution in [0, 0.1) is 20.8 Å². The maximum atomic E-state index is 2.45. The average Bonchev–Trinajstić information content (AvgIpc) is 3.04. The highest BCUT2D eigenvalue weighted by atomic mass is 14.3. The summed E-state index contributed by atoms with van der Waals surface area (Å²) in [6.45, 7) is 9.13. The summed E-state index contributed by atoms with van der Waals surface area (Å²) >= 11 is 0. The van der Waals surface area contributed by atoms with Crippen molar-refractivity contribution in [1.82, 2.24) is 0 Å². The summed E-state index contributed by atoms with van der Waals surface area (Å²) in [5.41, 5.74) is 11.7. The molecule has 3 aromatic rings. The monoisotopic (exact) mass is 312 g/mol. The highest BCUT2D eigenvalue weighted by molar-refractivity contribution is 6.00. The van der Waals surface area contributed by atoms with Crippen LogP contribution in [0.1, 0.15) is 41.2 Å². The quantitative estimate of drug-likeness (QED) is 0.489. The minimum atomic E-state index is 1.12. The van der Waals surface area contributed by atoms with Gasteiger partial charge in [0, 0.05) is 0 Å². The summed E-state index contributed by atoms with van der Waals surface area (Å²) < 4.78 is 0. The van der Waals surface area contributed by atoms with Crippen molar-refractivity contribution in [2.75, 3.05) is 0 Å². The number of rotatable bonds is 2. The van der Waals surface area contributed by atoms with Gasteiger partial charge in [0.1, 0.15) is 0 Å². The molecule has 0 radical (unpaired) electrons. The van der Waals surface area contributed by atoms with E-state index in [1.807, 2.05) is 0 Å². The first-order valence-electron chi connectivity index (χ1n) is 8.92. The Morgan fingerprint density at radius 1 is 0.833 bits per heavy atom. The van der Waals surface area contributed by atoms with Crippen molar-refractivity contribution in [3.8, 4) is 11.1 Å². The van der Waals surface area contributed by atoms with E-state index in [2.05, 4.69) is 76.2 Å². The summed E-state index contributed by atoms with van der Waals surface area (Å²) in [6.07, 6.45) is 4.71. The van der Waals surface area contributed by atoms with Crippen LogP contribution in [0.25, 0.3) is 28.0 Å². The van der Waals surface area contributed by atoms with Crippen LogP contribution in [0.15, 0.2) is 48.0 Å². The van der Waals surface area contributed by atoms with Crippen LogP contribution in [-0.2, 0) is 6.42 Å². The number of hydrogen-bond acceptors (Lipinski definition) is 0. The standard InChI is InChI=1S/C24H24/c1-5-18-13-22-16(3)15(2)17(4)24(23(22)14-18)21-12-8-10-19-9-6-7-11-20(19)21/h6-12,14H,5,13H2,1-4H3. The van der Waals surface area contributed by atoms with Crippen LogP contribution in [0.4, 0.5) is 0 Å². The first kappa shape index (κ1) is 15.2. The highest BCUT2D eigenvalue weighted by Crippen LogP contribution is 2.42. The van der Waals surface area contributed by atoms with Crippen molar-refractivity contribution in [1.29, 1.82) is 0 Å².